The van der Waals surface area contributed by atoms with Gasteiger partial charge in [-0.05, 0) is 24.3 Å². The summed E-state index contributed by atoms with van der Waals surface area (Å²) in [7, 11) is 0. The van der Waals surface area contributed by atoms with Gasteiger partial charge in [-0.25, -0.2) is 4.39 Å². The Morgan fingerprint density at radius 1 is 1.10 bits per heavy atom. The van der Waals surface area contributed by atoms with Crippen LogP contribution in [0.4, 0.5) is 4.39 Å². The Hall–Kier alpha value is -2.15. The quantitative estimate of drug-likeness (QED) is 0.457. The number of ketones is 1. The van der Waals surface area contributed by atoms with Crippen molar-refractivity contribution in [3.63, 3.8) is 0 Å². The molecule has 0 aliphatic carbocycles. The smallest absolute Gasteiger partial charge is 0.206 e. The van der Waals surface area contributed by atoms with Gasteiger partial charge >= 0.3 is 0 Å². The third-order valence-corrected chi connectivity index (χ3v) is 3.39. The molecule has 0 bridgehead atoms. The number of hydrogen-bond donors (Lipinski definition) is 0. The molecular weight excluding hydrogens is 312 g/mol. The monoisotopic (exact) mass is 319 g/mol. The first-order chi connectivity index (χ1) is 10.0. The lowest BCUT2D eigenvalue weighted by Gasteiger charge is -2.05. The lowest BCUT2D eigenvalue weighted by atomic mass is 10.0. The average Bonchev–Trinajstić information content (AvgIpc) is 2.46. The van der Waals surface area contributed by atoms with Gasteiger partial charge < -0.3 is 0 Å². The summed E-state index contributed by atoms with van der Waals surface area (Å²) < 4.78 is 13.6. The average molecular weight is 320 g/mol. The van der Waals surface area contributed by atoms with Crippen LogP contribution < -0.4 is 0 Å². The topological polar surface area (TPSA) is 40.9 Å². The molecule has 0 saturated heterocycles. The highest BCUT2D eigenvalue weighted by molar-refractivity contribution is 6.41. The number of nitrogens with zero attached hydrogens (tertiary/aromatic N) is 1. The number of benzene rings is 2. The van der Waals surface area contributed by atoms with Crippen LogP contribution in [0.15, 0.2) is 48.0 Å². The van der Waals surface area contributed by atoms with Crippen LogP contribution in [-0.4, -0.2) is 5.78 Å². The van der Waals surface area contributed by atoms with E-state index in [1.54, 1.807) is 18.2 Å². The molecule has 0 amide bonds. The van der Waals surface area contributed by atoms with E-state index < -0.39 is 11.6 Å². The van der Waals surface area contributed by atoms with Crippen LogP contribution in [-0.2, 0) is 0 Å². The molecule has 21 heavy (non-hydrogen) atoms. The molecule has 0 aliphatic rings. The zero-order valence-corrected chi connectivity index (χ0v) is 12.1. The first-order valence-electron chi connectivity index (χ1n) is 5.89. The molecular formula is C16H8Cl2FNO. The van der Waals surface area contributed by atoms with Gasteiger partial charge in [0.2, 0.25) is 5.78 Å². The van der Waals surface area contributed by atoms with Crippen molar-refractivity contribution < 1.29 is 9.18 Å². The van der Waals surface area contributed by atoms with Gasteiger partial charge in [0.05, 0.1) is 15.6 Å². The number of hydrogen-bond acceptors (Lipinski definition) is 2. The maximum atomic E-state index is 13.6. The van der Waals surface area contributed by atoms with E-state index in [-0.39, 0.29) is 26.7 Å². The first-order valence-corrected chi connectivity index (χ1v) is 6.65. The highest BCUT2D eigenvalue weighted by atomic mass is 35.5. The van der Waals surface area contributed by atoms with Crippen LogP contribution in [0.2, 0.25) is 10.0 Å². The second kappa shape index (κ2) is 6.53. The Labute approximate surface area is 131 Å². The fourth-order valence-electron chi connectivity index (χ4n) is 1.75. The van der Waals surface area contributed by atoms with Crippen LogP contribution in [0.3, 0.4) is 0 Å². The second-order valence-electron chi connectivity index (χ2n) is 4.12. The van der Waals surface area contributed by atoms with Gasteiger partial charge in [0.1, 0.15) is 17.5 Å². The summed E-state index contributed by atoms with van der Waals surface area (Å²) in [6.45, 7) is 0. The summed E-state index contributed by atoms with van der Waals surface area (Å²) >= 11 is 11.9. The Kier molecular flexibility index (Phi) is 4.74. The van der Waals surface area contributed by atoms with Crippen molar-refractivity contribution in [1.82, 2.24) is 0 Å². The molecule has 0 N–H and O–H groups in total. The van der Waals surface area contributed by atoms with Gasteiger partial charge in [-0.15, -0.1) is 0 Å². The van der Waals surface area contributed by atoms with E-state index in [0.717, 1.165) is 0 Å². The molecule has 0 unspecified atom stereocenters. The summed E-state index contributed by atoms with van der Waals surface area (Å²) in [6, 6.07) is 12.2. The summed E-state index contributed by atoms with van der Waals surface area (Å²) in [5, 5.41) is 9.43. The maximum Gasteiger partial charge on any atom is 0.206 e. The fourth-order valence-corrected chi connectivity index (χ4v) is 2.31. The van der Waals surface area contributed by atoms with E-state index in [1.165, 1.54) is 36.4 Å². The predicted molar refractivity (Wildman–Crippen MR) is 80.8 cm³/mol. The van der Waals surface area contributed by atoms with E-state index >= 15 is 0 Å². The highest BCUT2D eigenvalue weighted by Gasteiger charge is 2.19. The molecule has 0 radical (unpaired) electrons. The Morgan fingerprint density at radius 2 is 1.71 bits per heavy atom. The van der Waals surface area contributed by atoms with Crippen LogP contribution in [0.5, 0.6) is 0 Å². The van der Waals surface area contributed by atoms with Gasteiger partial charge in [0.25, 0.3) is 0 Å². The van der Waals surface area contributed by atoms with Crippen molar-refractivity contribution in [3.05, 3.63) is 75.0 Å². The number of allylic oxidation sites excluding steroid dienone is 1. The molecule has 0 aromatic heterocycles. The molecule has 5 heteroatoms. The summed E-state index contributed by atoms with van der Waals surface area (Å²) in [5.74, 6) is -1.17. The zero-order chi connectivity index (χ0) is 15.4. The maximum absolute atomic E-state index is 13.6. The lowest BCUT2D eigenvalue weighted by Crippen LogP contribution is -2.04. The van der Waals surface area contributed by atoms with Crippen LogP contribution in [0, 0.1) is 17.1 Å². The van der Waals surface area contributed by atoms with Crippen LogP contribution >= 0.6 is 23.2 Å². The molecule has 0 heterocycles. The van der Waals surface area contributed by atoms with Crippen molar-refractivity contribution in [2.45, 2.75) is 0 Å². The minimum Gasteiger partial charge on any atom is -0.288 e. The van der Waals surface area contributed by atoms with Crippen LogP contribution in [0.1, 0.15) is 15.9 Å². The highest BCUT2D eigenvalue weighted by Crippen LogP contribution is 2.27. The van der Waals surface area contributed by atoms with E-state index in [9.17, 15) is 9.18 Å². The van der Waals surface area contributed by atoms with Gasteiger partial charge in [0, 0.05) is 5.56 Å². The number of carbonyl (C=O) groups is 1. The van der Waals surface area contributed by atoms with Crippen molar-refractivity contribution in [2.24, 2.45) is 0 Å². The molecule has 0 aliphatic heterocycles. The molecule has 0 spiro atoms. The SMILES string of the molecule is N#C/C(=C\c1ccccc1F)C(=O)c1c(Cl)cccc1Cl. The van der Waals surface area contributed by atoms with Gasteiger partial charge in [-0.2, -0.15) is 5.26 Å². The molecule has 2 nitrogen and oxygen atoms in total. The molecule has 2 aromatic carbocycles. The normalized spacial score (nSPS) is 11.0. The van der Waals surface area contributed by atoms with Crippen LogP contribution in [0.25, 0.3) is 6.08 Å². The number of nitriles is 1. The summed E-state index contributed by atoms with van der Waals surface area (Å²) in [4.78, 5) is 12.4. The first kappa shape index (κ1) is 15.2. The zero-order valence-electron chi connectivity index (χ0n) is 10.6. The third-order valence-electron chi connectivity index (χ3n) is 2.76. The Bertz CT molecular complexity index is 758. The molecule has 0 atom stereocenters. The molecule has 2 rings (SSSR count). The minimum atomic E-state index is -0.642. The van der Waals surface area contributed by atoms with Gasteiger partial charge in [0.15, 0.2) is 0 Å². The standard InChI is InChI=1S/C16H8Cl2FNO/c17-12-5-3-6-13(18)15(12)16(21)11(9-20)8-10-4-1-2-7-14(10)19/h1-8H/b11-8+. The minimum absolute atomic E-state index is 0.0324. The summed E-state index contributed by atoms with van der Waals surface area (Å²) in [6.07, 6.45) is 1.18. The predicted octanol–water partition coefficient (Wildman–Crippen LogP) is 4.92. The number of carbonyl (C=O) groups excluding carboxylic acids is 1. The van der Waals surface area contributed by atoms with Crippen molar-refractivity contribution in [3.8, 4) is 6.07 Å². The molecule has 0 saturated carbocycles. The number of rotatable bonds is 3. The Morgan fingerprint density at radius 3 is 2.29 bits per heavy atom. The van der Waals surface area contributed by atoms with Gasteiger partial charge in [-0.3, -0.25) is 4.79 Å². The second-order valence-corrected chi connectivity index (χ2v) is 4.93. The van der Waals surface area contributed by atoms with E-state index in [2.05, 4.69) is 0 Å². The third kappa shape index (κ3) is 3.30. The van der Waals surface area contributed by atoms with E-state index in [0.29, 0.717) is 0 Å². The van der Waals surface area contributed by atoms with Crippen molar-refractivity contribution in [1.29, 1.82) is 5.26 Å². The molecule has 2 aromatic rings. The lowest BCUT2D eigenvalue weighted by molar-refractivity contribution is 0.104. The fraction of sp³-hybridized carbons (Fsp3) is 0. The molecule has 0 fully saturated rings. The van der Waals surface area contributed by atoms with Crippen molar-refractivity contribution in [2.75, 3.05) is 0 Å². The molecule has 104 valence electrons. The largest absolute Gasteiger partial charge is 0.288 e. The number of Topliss-reactive ketones (excluding diaryl/α,β-unsaturated/α-hetero) is 1. The number of halogens is 3. The van der Waals surface area contributed by atoms with Crippen molar-refractivity contribution >= 4 is 35.1 Å². The Balaban J connectivity index is 2.51. The van der Waals surface area contributed by atoms with E-state index in [4.69, 9.17) is 28.5 Å². The van der Waals surface area contributed by atoms with Gasteiger partial charge in [-0.1, -0.05) is 47.5 Å². The van der Waals surface area contributed by atoms with E-state index in [1.807, 2.05) is 0 Å². The summed E-state index contributed by atoms with van der Waals surface area (Å²) in [5.41, 5.74) is -0.0642.